The van der Waals surface area contributed by atoms with Crippen molar-refractivity contribution in [2.24, 2.45) is 0 Å². The Morgan fingerprint density at radius 3 is 2.16 bits per heavy atom. The minimum Gasteiger partial charge on any atom is -0.366 e. The van der Waals surface area contributed by atoms with Gasteiger partial charge in [0.1, 0.15) is 14.7 Å². The average Bonchev–Trinajstić information content (AvgIpc) is 2.30. The van der Waals surface area contributed by atoms with E-state index in [0.29, 0.717) is 17.2 Å². The third-order valence-electron chi connectivity index (χ3n) is 2.93. The van der Waals surface area contributed by atoms with E-state index < -0.39 is 8.15 Å². The predicted molar refractivity (Wildman–Crippen MR) is 84.4 cm³/mol. The van der Waals surface area contributed by atoms with Crippen LogP contribution in [0.2, 0.25) is 0 Å². The maximum Gasteiger partial charge on any atom is 0.234 e. The smallest absolute Gasteiger partial charge is 0.234 e. The molecule has 0 rings (SSSR count). The minimum atomic E-state index is -1.40. The van der Waals surface area contributed by atoms with Crippen molar-refractivity contribution in [3.8, 4) is 0 Å². The molecule has 1 atom stereocenters. The topological polar surface area (TPSA) is 37.3 Å². The monoisotopic (exact) mass is 288 g/mol. The van der Waals surface area contributed by atoms with E-state index in [9.17, 15) is 9.69 Å². The van der Waals surface area contributed by atoms with Gasteiger partial charge in [0.05, 0.1) is 21.1 Å². The third kappa shape index (κ3) is 12.5. The first-order chi connectivity index (χ1) is 8.87. The second-order valence-corrected chi connectivity index (χ2v) is 7.91. The number of hydrogen-bond donors (Lipinski definition) is 1. The van der Waals surface area contributed by atoms with Gasteiger partial charge in [0, 0.05) is 0 Å². The molecule has 0 aliphatic rings. The normalized spacial score (nSPS) is 13.3. The van der Waals surface area contributed by atoms with Crippen molar-refractivity contribution in [2.75, 3.05) is 33.8 Å². The standard InChI is InChI=1S/C15H31NO2P/c1-5-6-7-8-9-10-11-12-13-19(18)15(17)14-16(2,3)4/h5,18H,1,6-14H2,2-4H3/q+1. The zero-order valence-electron chi connectivity index (χ0n) is 12.9. The Morgan fingerprint density at radius 2 is 1.63 bits per heavy atom. The van der Waals surface area contributed by atoms with Gasteiger partial charge in [-0.1, -0.05) is 31.8 Å². The summed E-state index contributed by atoms with van der Waals surface area (Å²) in [5.74, 6) is 0. The van der Waals surface area contributed by atoms with E-state index in [1.54, 1.807) is 0 Å². The van der Waals surface area contributed by atoms with Crippen LogP contribution in [-0.4, -0.2) is 48.8 Å². The van der Waals surface area contributed by atoms with Gasteiger partial charge in [0.15, 0.2) is 0 Å². The van der Waals surface area contributed by atoms with Crippen LogP contribution in [0.5, 0.6) is 0 Å². The number of quaternary nitrogens is 1. The largest absolute Gasteiger partial charge is 0.366 e. The lowest BCUT2D eigenvalue weighted by molar-refractivity contribution is -0.861. The highest BCUT2D eigenvalue weighted by Gasteiger charge is 2.21. The molecule has 0 aliphatic heterocycles. The number of hydrogen-bond acceptors (Lipinski definition) is 2. The van der Waals surface area contributed by atoms with Crippen molar-refractivity contribution in [3.05, 3.63) is 12.7 Å². The van der Waals surface area contributed by atoms with E-state index in [-0.39, 0.29) is 5.52 Å². The molecular weight excluding hydrogens is 257 g/mol. The zero-order chi connectivity index (χ0) is 14.7. The molecule has 112 valence electrons. The Kier molecular flexibility index (Phi) is 10.4. The lowest BCUT2D eigenvalue weighted by atomic mass is 10.1. The van der Waals surface area contributed by atoms with Crippen molar-refractivity contribution in [2.45, 2.75) is 44.9 Å². The molecule has 0 bridgehead atoms. The molecule has 3 nitrogen and oxygen atoms in total. The summed E-state index contributed by atoms with van der Waals surface area (Å²) in [5.41, 5.74) is 0.0356. The van der Waals surface area contributed by atoms with E-state index >= 15 is 0 Å². The number of rotatable bonds is 12. The molecule has 0 saturated heterocycles. The maximum absolute atomic E-state index is 11.8. The van der Waals surface area contributed by atoms with E-state index in [1.165, 1.54) is 25.7 Å². The number of carbonyl (C=O) groups is 1. The van der Waals surface area contributed by atoms with Gasteiger partial charge in [-0.15, -0.1) is 6.58 Å². The Labute approximate surface area is 120 Å². The molecule has 0 heterocycles. The van der Waals surface area contributed by atoms with Crippen LogP contribution in [0.4, 0.5) is 0 Å². The molecule has 0 spiro atoms. The lowest BCUT2D eigenvalue weighted by Gasteiger charge is -2.23. The van der Waals surface area contributed by atoms with E-state index in [1.807, 2.05) is 27.2 Å². The van der Waals surface area contributed by atoms with Crippen molar-refractivity contribution < 1.29 is 14.2 Å². The van der Waals surface area contributed by atoms with Crippen molar-refractivity contribution in [1.29, 1.82) is 0 Å². The van der Waals surface area contributed by atoms with Gasteiger partial charge in [-0.25, -0.2) is 0 Å². The summed E-state index contributed by atoms with van der Waals surface area (Å²) >= 11 is 0. The maximum atomic E-state index is 11.8. The second-order valence-electron chi connectivity index (χ2n) is 6.16. The van der Waals surface area contributed by atoms with Crippen molar-refractivity contribution in [1.82, 2.24) is 0 Å². The fourth-order valence-corrected chi connectivity index (χ4v) is 3.23. The van der Waals surface area contributed by atoms with E-state index in [4.69, 9.17) is 0 Å². The van der Waals surface area contributed by atoms with Gasteiger partial charge in [-0.3, -0.25) is 4.79 Å². The Balaban J connectivity index is 3.50. The fraction of sp³-hybridized carbons (Fsp3) is 0.800. The van der Waals surface area contributed by atoms with Crippen LogP contribution in [0, 0.1) is 0 Å². The quantitative estimate of drug-likeness (QED) is 0.258. The van der Waals surface area contributed by atoms with Crippen molar-refractivity contribution in [3.63, 3.8) is 0 Å². The highest BCUT2D eigenvalue weighted by molar-refractivity contribution is 7.69. The van der Waals surface area contributed by atoms with Gasteiger partial charge in [-0.2, -0.15) is 0 Å². The first kappa shape index (κ1) is 18.8. The molecule has 0 amide bonds. The number of carbonyl (C=O) groups excluding carboxylic acids is 1. The fourth-order valence-electron chi connectivity index (χ4n) is 1.87. The molecule has 0 aromatic carbocycles. The summed E-state index contributed by atoms with van der Waals surface area (Å²) in [4.78, 5) is 21.6. The molecule has 0 radical (unpaired) electrons. The molecule has 0 aromatic heterocycles. The Hall–Kier alpha value is -0.240. The summed E-state index contributed by atoms with van der Waals surface area (Å²) in [7, 11) is 4.53. The predicted octanol–water partition coefficient (Wildman–Crippen LogP) is 3.53. The highest BCUT2D eigenvalue weighted by Crippen LogP contribution is 2.33. The van der Waals surface area contributed by atoms with Crippen LogP contribution < -0.4 is 0 Å². The summed E-state index contributed by atoms with van der Waals surface area (Å²) in [6.45, 7) is 4.14. The molecule has 1 unspecified atom stereocenters. The first-order valence-corrected chi connectivity index (χ1v) is 8.75. The SMILES string of the molecule is C=CCCCCCCCCP(O)C(=O)C[N+](C)(C)C. The molecular formula is C15H31NO2P+. The number of nitrogens with zero attached hydrogens (tertiary/aromatic N) is 1. The van der Waals surface area contributed by atoms with Crippen molar-refractivity contribution >= 4 is 13.7 Å². The van der Waals surface area contributed by atoms with E-state index in [2.05, 4.69) is 6.58 Å². The van der Waals surface area contributed by atoms with Gasteiger partial charge in [0.25, 0.3) is 0 Å². The minimum absolute atomic E-state index is 0.0356. The Morgan fingerprint density at radius 1 is 1.11 bits per heavy atom. The number of likely N-dealkylation sites (N-methyl/N-ethyl adjacent to an activating group) is 1. The number of allylic oxidation sites excluding steroid dienone is 1. The van der Waals surface area contributed by atoms with Gasteiger partial charge in [-0.05, 0) is 25.4 Å². The van der Waals surface area contributed by atoms with Crippen LogP contribution in [0.15, 0.2) is 12.7 Å². The molecule has 4 heteroatoms. The van der Waals surface area contributed by atoms with Gasteiger partial charge >= 0.3 is 0 Å². The molecule has 0 aromatic rings. The van der Waals surface area contributed by atoms with Crippen LogP contribution in [0.25, 0.3) is 0 Å². The van der Waals surface area contributed by atoms with Crippen LogP contribution >= 0.6 is 8.15 Å². The molecule has 0 saturated carbocycles. The second kappa shape index (κ2) is 10.5. The molecule has 19 heavy (non-hydrogen) atoms. The summed E-state index contributed by atoms with van der Waals surface area (Å²) in [6.07, 6.45) is 10.8. The van der Waals surface area contributed by atoms with Crippen LogP contribution in [-0.2, 0) is 4.79 Å². The Bertz CT molecular complexity index is 261. The first-order valence-electron chi connectivity index (χ1n) is 7.27. The molecule has 1 N–H and O–H groups in total. The summed E-state index contributed by atoms with van der Waals surface area (Å²) in [6, 6.07) is 0. The van der Waals surface area contributed by atoms with E-state index in [0.717, 1.165) is 19.3 Å². The summed E-state index contributed by atoms with van der Waals surface area (Å²) in [5, 5.41) is 0. The van der Waals surface area contributed by atoms with Crippen LogP contribution in [0.3, 0.4) is 0 Å². The lowest BCUT2D eigenvalue weighted by Crippen LogP contribution is -2.39. The summed E-state index contributed by atoms with van der Waals surface area (Å²) < 4.78 is 0.599. The number of unbranched alkanes of at least 4 members (excludes halogenated alkanes) is 6. The van der Waals surface area contributed by atoms with Gasteiger partial charge < -0.3 is 9.38 Å². The zero-order valence-corrected chi connectivity index (χ0v) is 13.8. The van der Waals surface area contributed by atoms with Gasteiger partial charge in [0.2, 0.25) is 5.52 Å². The average molecular weight is 288 g/mol. The molecule has 0 aliphatic carbocycles. The molecule has 0 fully saturated rings. The van der Waals surface area contributed by atoms with Crippen LogP contribution in [0.1, 0.15) is 44.9 Å². The highest BCUT2D eigenvalue weighted by atomic mass is 31.1. The third-order valence-corrected chi connectivity index (χ3v) is 4.38.